The molecule has 0 saturated heterocycles. The minimum atomic E-state index is -4.96. The van der Waals surface area contributed by atoms with Crippen molar-refractivity contribution in [3.8, 4) is 0 Å². The predicted octanol–water partition coefficient (Wildman–Crippen LogP) is 23.5. The van der Waals surface area contributed by atoms with Gasteiger partial charge in [-0.3, -0.25) is 37.3 Å². The molecule has 3 N–H and O–H groups in total. The maximum absolute atomic E-state index is 13.1. The first kappa shape index (κ1) is 96.1. The van der Waals surface area contributed by atoms with E-state index in [4.69, 9.17) is 37.0 Å². The quantitative estimate of drug-likeness (QED) is 0.0222. The van der Waals surface area contributed by atoms with Crippen LogP contribution in [-0.4, -0.2) is 96.7 Å². The van der Waals surface area contributed by atoms with E-state index in [2.05, 4.69) is 41.5 Å². The molecule has 0 aliphatic carbocycles. The molecule has 0 fully saturated rings. The third-order valence-corrected chi connectivity index (χ3v) is 20.4. The number of ether oxygens (including phenoxy) is 4. The molecule has 98 heavy (non-hydrogen) atoms. The van der Waals surface area contributed by atoms with Gasteiger partial charge in [0.15, 0.2) is 12.2 Å². The molecule has 0 saturated carbocycles. The molecule has 0 aliphatic heterocycles. The van der Waals surface area contributed by atoms with Crippen LogP contribution in [0.25, 0.3) is 0 Å². The Bertz CT molecular complexity index is 1890. The molecule has 0 bridgehead atoms. The Morgan fingerprint density at radius 1 is 0.276 bits per heavy atom. The number of unbranched alkanes of at least 4 members (excludes halogenated alkanes) is 48. The molecule has 0 aromatic carbocycles. The van der Waals surface area contributed by atoms with E-state index >= 15 is 0 Å². The Kier molecular flexibility index (Phi) is 69.3. The van der Waals surface area contributed by atoms with Crippen molar-refractivity contribution in [2.24, 2.45) is 11.8 Å². The molecule has 0 spiro atoms. The molecule has 0 rings (SSSR count). The first-order chi connectivity index (χ1) is 47.4. The van der Waals surface area contributed by atoms with Gasteiger partial charge in [-0.15, -0.1) is 0 Å². The molecule has 17 nitrogen and oxygen atoms in total. The van der Waals surface area contributed by atoms with E-state index in [1.807, 2.05) is 0 Å². The lowest BCUT2D eigenvalue weighted by molar-refractivity contribution is -0.161. The maximum atomic E-state index is 13.1. The standard InChI is InChI=1S/C79H154O17P2/c1-7-9-11-13-15-17-19-21-24-28-32-38-44-50-56-62-77(82)90-67-74(95-78(83)63-57-51-45-39-33-29-26-23-22-25-27-30-35-41-47-53-59-71(3)4)69-93-97(85,86)91-65-73(80)66-92-98(87,88)94-70-75(96-79(84)64-58-52-46-40-34-36-42-48-54-60-72(5)6)68-89-76(81)61-55-49-43-37-31-20-18-16-14-12-10-8-2/h71-75,80H,7-70H2,1-6H3,(H,85,86)(H,87,88)/t73-,74-,75-/m1/s1. The van der Waals surface area contributed by atoms with Crippen LogP contribution in [0.1, 0.15) is 414 Å². The third kappa shape index (κ3) is 72.4. The van der Waals surface area contributed by atoms with Gasteiger partial charge >= 0.3 is 39.5 Å². The number of phosphoric acid groups is 2. The molecular formula is C79H154O17P2. The summed E-state index contributed by atoms with van der Waals surface area (Å²) in [7, 11) is -9.92. The van der Waals surface area contributed by atoms with E-state index in [0.29, 0.717) is 25.7 Å². The lowest BCUT2D eigenvalue weighted by Crippen LogP contribution is -2.30. The van der Waals surface area contributed by atoms with Gasteiger partial charge in [0, 0.05) is 25.7 Å². The average Bonchev–Trinajstić information content (AvgIpc) is 1.10. The van der Waals surface area contributed by atoms with Crippen molar-refractivity contribution in [3.63, 3.8) is 0 Å². The van der Waals surface area contributed by atoms with Gasteiger partial charge in [-0.05, 0) is 37.5 Å². The molecule has 0 amide bonds. The van der Waals surface area contributed by atoms with Crippen molar-refractivity contribution in [1.29, 1.82) is 0 Å². The molecule has 0 heterocycles. The van der Waals surface area contributed by atoms with Crippen LogP contribution in [0, 0.1) is 11.8 Å². The summed E-state index contributed by atoms with van der Waals surface area (Å²) in [5.74, 6) is -0.564. The molecule has 0 radical (unpaired) electrons. The molecule has 582 valence electrons. The zero-order valence-corrected chi connectivity index (χ0v) is 65.9. The van der Waals surface area contributed by atoms with Gasteiger partial charge < -0.3 is 33.8 Å². The van der Waals surface area contributed by atoms with Crippen LogP contribution in [-0.2, 0) is 65.4 Å². The number of phosphoric ester groups is 2. The van der Waals surface area contributed by atoms with E-state index in [9.17, 15) is 43.2 Å². The summed E-state index contributed by atoms with van der Waals surface area (Å²) >= 11 is 0. The van der Waals surface area contributed by atoms with Crippen molar-refractivity contribution in [2.45, 2.75) is 432 Å². The second kappa shape index (κ2) is 70.7. The Hall–Kier alpha value is -1.94. The van der Waals surface area contributed by atoms with E-state index in [-0.39, 0.29) is 25.7 Å². The van der Waals surface area contributed by atoms with E-state index < -0.39 is 97.5 Å². The van der Waals surface area contributed by atoms with Crippen LogP contribution < -0.4 is 0 Å². The van der Waals surface area contributed by atoms with Gasteiger partial charge in [0.2, 0.25) is 0 Å². The number of hydrogen-bond acceptors (Lipinski definition) is 15. The zero-order valence-electron chi connectivity index (χ0n) is 64.1. The summed E-state index contributed by atoms with van der Waals surface area (Å²) in [6.45, 7) is 9.63. The largest absolute Gasteiger partial charge is 0.472 e. The van der Waals surface area contributed by atoms with Crippen LogP contribution in [0.4, 0.5) is 0 Å². The van der Waals surface area contributed by atoms with Crippen LogP contribution in [0.5, 0.6) is 0 Å². The van der Waals surface area contributed by atoms with E-state index in [0.717, 1.165) is 102 Å². The Labute approximate surface area is 600 Å². The number of aliphatic hydroxyl groups is 1. The molecule has 0 aromatic rings. The number of hydrogen-bond donors (Lipinski definition) is 3. The normalized spacial score (nSPS) is 13.9. The minimum Gasteiger partial charge on any atom is -0.462 e. The summed E-state index contributed by atoms with van der Waals surface area (Å²) in [5.41, 5.74) is 0. The number of aliphatic hydroxyl groups excluding tert-OH is 1. The first-order valence-corrected chi connectivity index (χ1v) is 44.0. The molecule has 0 aromatic heterocycles. The predicted molar refractivity (Wildman–Crippen MR) is 400 cm³/mol. The van der Waals surface area contributed by atoms with Gasteiger partial charge in [0.1, 0.15) is 19.3 Å². The Morgan fingerprint density at radius 2 is 0.469 bits per heavy atom. The fourth-order valence-electron chi connectivity index (χ4n) is 12.2. The summed E-state index contributed by atoms with van der Waals surface area (Å²) < 4.78 is 68.7. The Morgan fingerprint density at radius 3 is 0.694 bits per heavy atom. The topological polar surface area (TPSA) is 237 Å². The monoisotopic (exact) mass is 1440 g/mol. The summed E-state index contributed by atoms with van der Waals surface area (Å²) in [6, 6.07) is 0. The van der Waals surface area contributed by atoms with Crippen LogP contribution in [0.3, 0.4) is 0 Å². The SMILES string of the molecule is CCCCCCCCCCCCCCCCCC(=O)OC[C@H](COP(=O)(O)OC[C@@H](O)COP(=O)(O)OC[C@@H](COC(=O)CCCCCCCCCCCCCC)OC(=O)CCCCCCCCCCCC(C)C)OC(=O)CCCCCCCCCCCCCCCCCCC(C)C. The lowest BCUT2D eigenvalue weighted by Gasteiger charge is -2.21. The van der Waals surface area contributed by atoms with Crippen LogP contribution >= 0.6 is 15.6 Å². The number of rotatable bonds is 78. The number of esters is 4. The average molecular weight is 1440 g/mol. The van der Waals surface area contributed by atoms with Crippen molar-refractivity contribution in [2.75, 3.05) is 39.6 Å². The fourth-order valence-corrected chi connectivity index (χ4v) is 13.8. The number of carbonyl (C=O) groups excluding carboxylic acids is 4. The zero-order chi connectivity index (χ0) is 72.1. The fraction of sp³-hybridized carbons (Fsp3) is 0.949. The van der Waals surface area contributed by atoms with Crippen molar-refractivity contribution in [1.82, 2.24) is 0 Å². The van der Waals surface area contributed by atoms with Crippen molar-refractivity contribution in [3.05, 3.63) is 0 Å². The van der Waals surface area contributed by atoms with Gasteiger partial charge in [0.25, 0.3) is 0 Å². The summed E-state index contributed by atoms with van der Waals surface area (Å²) in [4.78, 5) is 72.9. The molecular weight excluding hydrogens is 1280 g/mol. The first-order valence-electron chi connectivity index (χ1n) is 41.0. The van der Waals surface area contributed by atoms with E-state index in [1.165, 1.54) is 231 Å². The number of carbonyl (C=O) groups is 4. The molecule has 5 atom stereocenters. The second-order valence-corrected chi connectivity index (χ2v) is 32.3. The van der Waals surface area contributed by atoms with Crippen LogP contribution in [0.2, 0.25) is 0 Å². The Balaban J connectivity index is 5.24. The highest BCUT2D eigenvalue weighted by Crippen LogP contribution is 2.45. The minimum absolute atomic E-state index is 0.106. The van der Waals surface area contributed by atoms with Gasteiger partial charge in [-0.2, -0.15) is 0 Å². The van der Waals surface area contributed by atoms with Crippen LogP contribution in [0.15, 0.2) is 0 Å². The van der Waals surface area contributed by atoms with Crippen molar-refractivity contribution < 1.29 is 80.2 Å². The van der Waals surface area contributed by atoms with Crippen molar-refractivity contribution >= 4 is 39.5 Å². The molecule has 19 heteroatoms. The molecule has 2 unspecified atom stereocenters. The molecule has 0 aliphatic rings. The highest BCUT2D eigenvalue weighted by atomic mass is 31.2. The third-order valence-electron chi connectivity index (χ3n) is 18.5. The lowest BCUT2D eigenvalue weighted by atomic mass is 10.0. The highest BCUT2D eigenvalue weighted by molar-refractivity contribution is 7.47. The summed E-state index contributed by atoms with van der Waals surface area (Å²) in [5, 5.41) is 10.6. The smallest absolute Gasteiger partial charge is 0.462 e. The van der Waals surface area contributed by atoms with Gasteiger partial charge in [0.05, 0.1) is 26.4 Å². The van der Waals surface area contributed by atoms with E-state index in [1.54, 1.807) is 0 Å². The maximum Gasteiger partial charge on any atom is 0.472 e. The highest BCUT2D eigenvalue weighted by Gasteiger charge is 2.30. The van der Waals surface area contributed by atoms with Gasteiger partial charge in [-0.25, -0.2) is 9.13 Å². The summed E-state index contributed by atoms with van der Waals surface area (Å²) in [6.07, 6.45) is 59.6. The van der Waals surface area contributed by atoms with Gasteiger partial charge in [-0.1, -0.05) is 363 Å². The second-order valence-electron chi connectivity index (χ2n) is 29.4.